The van der Waals surface area contributed by atoms with Crippen LogP contribution in [0.25, 0.3) is 0 Å². The van der Waals surface area contributed by atoms with Crippen LogP contribution in [-0.4, -0.2) is 120 Å². The predicted octanol–water partition coefficient (Wildman–Crippen LogP) is -0.670. The Hall–Kier alpha value is -3.74. The highest BCUT2D eigenvalue weighted by Gasteiger charge is 2.94. The van der Waals surface area contributed by atoms with Crippen molar-refractivity contribution in [1.82, 2.24) is 0 Å². The van der Waals surface area contributed by atoms with Gasteiger partial charge in [-0.1, -0.05) is 0 Å². The fraction of sp³-hybridized carbons (Fsp3) is 0.533. The second-order valence-corrected chi connectivity index (χ2v) is 12.7. The first kappa shape index (κ1) is 30.9. The highest BCUT2D eigenvalue weighted by molar-refractivity contribution is 5.91. The summed E-state index contributed by atoms with van der Waals surface area (Å²) in [5.74, 6) is -6.46. The fourth-order valence-electron chi connectivity index (χ4n) is 7.85. The third-order valence-corrected chi connectivity index (χ3v) is 10.2. The Labute approximate surface area is 259 Å². The molecular weight excluding hydrogens is 616 g/mol. The van der Waals surface area contributed by atoms with Crippen molar-refractivity contribution in [3.05, 3.63) is 47.5 Å². The highest BCUT2D eigenvalue weighted by Crippen LogP contribution is 2.81. The van der Waals surface area contributed by atoms with Crippen molar-refractivity contribution in [2.45, 2.75) is 73.8 Å². The molecule has 11 atom stereocenters. The van der Waals surface area contributed by atoms with Gasteiger partial charge in [-0.3, -0.25) is 0 Å². The number of aliphatic hydroxyl groups is 4. The van der Waals surface area contributed by atoms with E-state index >= 15 is 0 Å². The van der Waals surface area contributed by atoms with Gasteiger partial charge in [-0.25, -0.2) is 9.59 Å². The molecule has 4 saturated heterocycles. The first-order valence-electron chi connectivity index (χ1n) is 14.5. The maximum absolute atomic E-state index is 12.9. The van der Waals surface area contributed by atoms with Crippen molar-refractivity contribution < 1.29 is 78.9 Å². The number of hydrogen-bond acceptors (Lipinski definition) is 16. The third-order valence-electron chi connectivity index (χ3n) is 10.2. The molecule has 4 aliphatic heterocycles. The van der Waals surface area contributed by atoms with Crippen LogP contribution in [0.2, 0.25) is 0 Å². The number of benzene rings is 2. The minimum atomic E-state index is -1.83. The molecule has 2 aromatic carbocycles. The van der Waals surface area contributed by atoms with Crippen LogP contribution >= 0.6 is 0 Å². The van der Waals surface area contributed by atoms with Crippen LogP contribution in [0.3, 0.4) is 0 Å². The van der Waals surface area contributed by atoms with Gasteiger partial charge >= 0.3 is 11.9 Å². The number of carbonyl (C=O) groups is 2. The van der Waals surface area contributed by atoms with Crippen LogP contribution in [0.5, 0.6) is 23.0 Å². The Morgan fingerprint density at radius 2 is 1.54 bits per heavy atom. The summed E-state index contributed by atoms with van der Waals surface area (Å²) in [7, 11) is 0. The predicted molar refractivity (Wildman–Crippen MR) is 145 cm³/mol. The number of esters is 2. The molecule has 2 unspecified atom stereocenters. The van der Waals surface area contributed by atoms with E-state index in [1.54, 1.807) is 6.92 Å². The van der Waals surface area contributed by atoms with Gasteiger partial charge in [0.2, 0.25) is 0 Å². The number of aliphatic hydroxyl groups excluding tert-OH is 3. The van der Waals surface area contributed by atoms with Crippen molar-refractivity contribution >= 4 is 11.9 Å². The zero-order valence-electron chi connectivity index (χ0n) is 24.2. The molecule has 8 N–H and O–H groups in total. The van der Waals surface area contributed by atoms with E-state index in [0.29, 0.717) is 0 Å². The average molecular weight is 649 g/mol. The van der Waals surface area contributed by atoms with E-state index < -0.39 is 101 Å². The molecular formula is C30H32O16. The maximum atomic E-state index is 12.9. The number of ether oxygens (including phenoxy) is 6. The van der Waals surface area contributed by atoms with Gasteiger partial charge in [-0.2, -0.15) is 0 Å². The molecule has 7 aliphatic rings. The summed E-state index contributed by atoms with van der Waals surface area (Å²) in [6, 6.07) is 7.10. The molecule has 6 bridgehead atoms. The van der Waals surface area contributed by atoms with E-state index in [2.05, 4.69) is 0 Å². The van der Waals surface area contributed by atoms with Crippen LogP contribution in [0.1, 0.15) is 40.5 Å². The number of phenols is 4. The van der Waals surface area contributed by atoms with Gasteiger partial charge in [0.05, 0.1) is 16.5 Å². The molecule has 248 valence electrons. The zero-order valence-corrected chi connectivity index (χ0v) is 24.2. The highest BCUT2D eigenvalue weighted by atomic mass is 16.8. The van der Waals surface area contributed by atoms with Crippen LogP contribution in [0, 0.1) is 11.3 Å². The molecule has 46 heavy (non-hydrogen) atoms. The minimum absolute atomic E-state index is 0.0316. The molecule has 2 aromatic rings. The number of hydrogen-bond donors (Lipinski definition) is 8. The molecule has 0 spiro atoms. The Kier molecular flexibility index (Phi) is 6.80. The van der Waals surface area contributed by atoms with Crippen LogP contribution in [0.4, 0.5) is 0 Å². The molecule has 3 saturated carbocycles. The second-order valence-electron chi connectivity index (χ2n) is 12.7. The van der Waals surface area contributed by atoms with Gasteiger partial charge in [0.15, 0.2) is 35.6 Å². The molecule has 7 fully saturated rings. The smallest absolute Gasteiger partial charge is 0.338 e. The Balaban J connectivity index is 1.11. The zero-order chi connectivity index (χ0) is 33.0. The van der Waals surface area contributed by atoms with Crippen molar-refractivity contribution in [2.24, 2.45) is 11.3 Å². The summed E-state index contributed by atoms with van der Waals surface area (Å²) in [5.41, 5.74) is -4.07. The van der Waals surface area contributed by atoms with Crippen molar-refractivity contribution in [2.75, 3.05) is 13.2 Å². The lowest BCUT2D eigenvalue weighted by Crippen LogP contribution is -2.80. The lowest BCUT2D eigenvalue weighted by Gasteiger charge is -2.67. The SMILES string of the molecule is C[C@@]12C[C@]3(O)OC(O1)[C@@]1(COC(=O)c4ccc(O)cc4)C3C[C@]12O[C@@H]1O[C@H](COC(=O)c2cc(O)c(O)c(O)c2)[C@@H](O)[C@H](O)[C@H]1O. The summed E-state index contributed by atoms with van der Waals surface area (Å²) in [5, 5.41) is 82.1. The van der Waals surface area contributed by atoms with Gasteiger partial charge in [0.1, 0.15) is 54.6 Å². The van der Waals surface area contributed by atoms with E-state index in [-0.39, 0.29) is 36.3 Å². The first-order chi connectivity index (χ1) is 21.6. The molecule has 4 heterocycles. The molecule has 3 aliphatic carbocycles. The standard InChI is InChI=1S/C30H32O16/c1-27-10-29(40)18-8-30(27,28(18,26(45-27)46-29)11-42-23(38)12-2-4-14(31)5-3-12)44-25-22(37)21(36)20(35)17(43-25)9-41-24(39)13-6-15(32)19(34)16(33)7-13/h2-7,17-18,20-22,25-26,31-37,40H,8-11H2,1H3/t17-,18?,20-,21+,22-,25+,26?,27+,28-,29+,30-/m1/s1. The van der Waals surface area contributed by atoms with Crippen molar-refractivity contribution in [1.29, 1.82) is 0 Å². The largest absolute Gasteiger partial charge is 0.508 e. The Bertz CT molecular complexity index is 1560. The van der Waals surface area contributed by atoms with Crippen LogP contribution < -0.4 is 0 Å². The summed E-state index contributed by atoms with van der Waals surface area (Å²) < 4.78 is 35.2. The second kappa shape index (κ2) is 10.1. The molecule has 0 aromatic heterocycles. The normalized spacial score (nSPS) is 41.6. The summed E-state index contributed by atoms with van der Waals surface area (Å²) in [4.78, 5) is 25.5. The van der Waals surface area contributed by atoms with E-state index in [1.165, 1.54) is 24.3 Å². The summed E-state index contributed by atoms with van der Waals surface area (Å²) in [6.45, 7) is 0.673. The number of aromatic hydroxyl groups is 4. The average Bonchev–Trinajstić information content (AvgIpc) is 3.20. The minimum Gasteiger partial charge on any atom is -0.508 e. The van der Waals surface area contributed by atoms with Gasteiger partial charge in [-0.15, -0.1) is 0 Å². The number of phenolic OH excluding ortho intramolecular Hbond substituents is 4. The van der Waals surface area contributed by atoms with Gasteiger partial charge in [0.25, 0.3) is 0 Å². The lowest BCUT2D eigenvalue weighted by atomic mass is 9.41. The van der Waals surface area contributed by atoms with Gasteiger partial charge < -0.3 is 69.3 Å². The van der Waals surface area contributed by atoms with E-state index in [1.807, 2.05) is 0 Å². The van der Waals surface area contributed by atoms with E-state index in [0.717, 1.165) is 12.1 Å². The topological polar surface area (TPSA) is 251 Å². The third kappa shape index (κ3) is 4.08. The van der Waals surface area contributed by atoms with E-state index in [4.69, 9.17) is 28.4 Å². The lowest BCUT2D eigenvalue weighted by molar-refractivity contribution is -0.424. The van der Waals surface area contributed by atoms with Gasteiger partial charge in [-0.05, 0) is 49.7 Å². The Morgan fingerprint density at radius 3 is 2.22 bits per heavy atom. The maximum Gasteiger partial charge on any atom is 0.338 e. The number of carbonyl (C=O) groups excluding carboxylic acids is 2. The van der Waals surface area contributed by atoms with Crippen molar-refractivity contribution in [3.8, 4) is 23.0 Å². The monoisotopic (exact) mass is 648 g/mol. The number of rotatable bonds is 8. The Morgan fingerprint density at radius 1 is 0.891 bits per heavy atom. The van der Waals surface area contributed by atoms with Gasteiger partial charge in [0, 0.05) is 12.3 Å². The van der Waals surface area contributed by atoms with E-state index in [9.17, 15) is 50.4 Å². The first-order valence-corrected chi connectivity index (χ1v) is 14.5. The summed E-state index contributed by atoms with van der Waals surface area (Å²) >= 11 is 0. The molecule has 16 heteroatoms. The van der Waals surface area contributed by atoms with Crippen LogP contribution in [0.15, 0.2) is 36.4 Å². The quantitative estimate of drug-likeness (QED) is 0.130. The van der Waals surface area contributed by atoms with Crippen LogP contribution in [-0.2, 0) is 28.4 Å². The molecule has 16 nitrogen and oxygen atoms in total. The fourth-order valence-corrected chi connectivity index (χ4v) is 7.85. The molecule has 0 radical (unpaired) electrons. The molecule has 9 rings (SSSR count). The summed E-state index contributed by atoms with van der Waals surface area (Å²) in [6.07, 6.45) is -9.43. The van der Waals surface area contributed by atoms with Crippen molar-refractivity contribution in [3.63, 3.8) is 0 Å². The molecule has 0 amide bonds.